The number of hydrogen-bond acceptors (Lipinski definition) is 2. The minimum absolute atomic E-state index is 0.142. The monoisotopic (exact) mass is 342 g/mol. The minimum Gasteiger partial charge on any atom is -0.328 e. The van der Waals surface area contributed by atoms with Crippen LogP contribution in [0.2, 0.25) is 5.02 Å². The van der Waals surface area contributed by atoms with E-state index >= 15 is 0 Å². The molecular weight excluding hydrogens is 328 g/mol. The van der Waals surface area contributed by atoms with Gasteiger partial charge >= 0.3 is 0 Å². The summed E-state index contributed by atoms with van der Waals surface area (Å²) in [6.45, 7) is 2.37. The predicted octanol–water partition coefficient (Wildman–Crippen LogP) is 3.91. The maximum absolute atomic E-state index is 12.6. The Balaban J connectivity index is 1.84. The molecule has 5 heteroatoms. The molecule has 0 atom stereocenters. The highest BCUT2D eigenvalue weighted by atomic mass is 35.5. The van der Waals surface area contributed by atoms with E-state index in [1.165, 1.54) is 4.90 Å². The molecule has 1 aliphatic heterocycles. The summed E-state index contributed by atoms with van der Waals surface area (Å²) in [5.41, 5.74) is 3.44. The second-order valence-electron chi connectivity index (χ2n) is 5.39. The second kappa shape index (κ2) is 6.52. The number of carbonyl (C=O) groups excluding carboxylic acids is 1. The molecule has 0 unspecified atom stereocenters. The molecule has 3 nitrogen and oxygen atoms in total. The highest BCUT2D eigenvalue weighted by molar-refractivity contribution is 7.80. The number of thiocarbonyl (C=S) groups is 1. The lowest BCUT2D eigenvalue weighted by molar-refractivity contribution is -0.122. The molecule has 116 valence electrons. The zero-order valence-corrected chi connectivity index (χ0v) is 14.1. The van der Waals surface area contributed by atoms with Crippen LogP contribution >= 0.6 is 23.8 Å². The number of amides is 1. The van der Waals surface area contributed by atoms with Crippen molar-refractivity contribution in [1.82, 2.24) is 10.2 Å². The van der Waals surface area contributed by atoms with Crippen molar-refractivity contribution >= 4 is 40.9 Å². The first-order chi connectivity index (χ1) is 11.0. The van der Waals surface area contributed by atoms with Crippen molar-refractivity contribution in [2.75, 3.05) is 0 Å². The van der Waals surface area contributed by atoms with Crippen LogP contribution in [0.3, 0.4) is 0 Å². The lowest BCUT2D eigenvalue weighted by Gasteiger charge is -2.14. The highest BCUT2D eigenvalue weighted by Gasteiger charge is 2.30. The van der Waals surface area contributed by atoms with Crippen LogP contribution in [0.1, 0.15) is 16.7 Å². The lowest BCUT2D eigenvalue weighted by atomic mass is 10.1. The van der Waals surface area contributed by atoms with Gasteiger partial charge in [-0.05, 0) is 42.4 Å². The van der Waals surface area contributed by atoms with Crippen molar-refractivity contribution in [3.63, 3.8) is 0 Å². The van der Waals surface area contributed by atoms with Gasteiger partial charge in [0.15, 0.2) is 5.11 Å². The molecule has 23 heavy (non-hydrogen) atoms. The number of nitrogens with zero attached hydrogens (tertiary/aromatic N) is 1. The highest BCUT2D eigenvalue weighted by Crippen LogP contribution is 2.21. The Morgan fingerprint density at radius 3 is 2.74 bits per heavy atom. The standard InChI is InChI=1S/C18H15ClN2OS/c1-12-5-4-6-13(9-12)10-16-17(22)21(18(23)20-16)11-14-7-2-3-8-15(14)19/h2-10H,11H2,1H3,(H,20,23)/b16-10+. The molecule has 0 saturated carbocycles. The van der Waals surface area contributed by atoms with Crippen LogP contribution in [0.4, 0.5) is 0 Å². The second-order valence-corrected chi connectivity index (χ2v) is 6.18. The van der Waals surface area contributed by atoms with Crippen molar-refractivity contribution in [2.24, 2.45) is 0 Å². The van der Waals surface area contributed by atoms with Crippen LogP contribution in [0, 0.1) is 6.92 Å². The number of hydrogen-bond donors (Lipinski definition) is 1. The van der Waals surface area contributed by atoms with E-state index in [2.05, 4.69) is 5.32 Å². The normalized spacial score (nSPS) is 16.1. The summed E-state index contributed by atoms with van der Waals surface area (Å²) in [5.74, 6) is -0.142. The van der Waals surface area contributed by atoms with Crippen LogP contribution in [0.15, 0.2) is 54.2 Å². The lowest BCUT2D eigenvalue weighted by Crippen LogP contribution is -2.30. The van der Waals surface area contributed by atoms with Gasteiger partial charge in [-0.1, -0.05) is 59.6 Å². The van der Waals surface area contributed by atoms with Gasteiger partial charge in [-0.3, -0.25) is 9.69 Å². The largest absolute Gasteiger partial charge is 0.328 e. The van der Waals surface area contributed by atoms with Crippen molar-refractivity contribution in [2.45, 2.75) is 13.5 Å². The Hall–Kier alpha value is -2.17. The number of rotatable bonds is 3. The molecule has 0 aromatic heterocycles. The first-order valence-electron chi connectivity index (χ1n) is 7.19. The summed E-state index contributed by atoms with van der Waals surface area (Å²) in [6.07, 6.45) is 1.81. The number of carbonyl (C=O) groups is 1. The molecule has 1 heterocycles. The fourth-order valence-corrected chi connectivity index (χ4v) is 2.89. The summed E-state index contributed by atoms with van der Waals surface area (Å²) in [4.78, 5) is 14.1. The third kappa shape index (κ3) is 3.44. The van der Waals surface area contributed by atoms with E-state index in [1.54, 1.807) is 6.07 Å². The minimum atomic E-state index is -0.142. The third-order valence-electron chi connectivity index (χ3n) is 3.60. The van der Waals surface area contributed by atoms with Crippen molar-refractivity contribution in [1.29, 1.82) is 0 Å². The average Bonchev–Trinajstić information content (AvgIpc) is 2.77. The fourth-order valence-electron chi connectivity index (χ4n) is 2.44. The summed E-state index contributed by atoms with van der Waals surface area (Å²) in [7, 11) is 0. The zero-order valence-electron chi connectivity index (χ0n) is 12.5. The van der Waals surface area contributed by atoms with Crippen LogP contribution in [0.25, 0.3) is 6.08 Å². The van der Waals surface area contributed by atoms with Crippen LogP contribution in [-0.2, 0) is 11.3 Å². The molecule has 0 bridgehead atoms. The van der Waals surface area contributed by atoms with E-state index in [4.69, 9.17) is 23.8 Å². The Morgan fingerprint density at radius 1 is 1.22 bits per heavy atom. The number of aryl methyl sites for hydroxylation is 1. The van der Waals surface area contributed by atoms with Crippen molar-refractivity contribution < 1.29 is 4.79 Å². The molecule has 1 saturated heterocycles. The molecular formula is C18H15ClN2OS. The van der Waals surface area contributed by atoms with E-state index in [0.717, 1.165) is 16.7 Å². The van der Waals surface area contributed by atoms with E-state index in [1.807, 2.05) is 55.5 Å². The van der Waals surface area contributed by atoms with Crippen molar-refractivity contribution in [3.05, 3.63) is 75.9 Å². The number of benzene rings is 2. The molecule has 2 aromatic carbocycles. The summed E-state index contributed by atoms with van der Waals surface area (Å²) < 4.78 is 0. The van der Waals surface area contributed by atoms with Gasteiger partial charge in [-0.15, -0.1) is 0 Å². The maximum atomic E-state index is 12.6. The first-order valence-corrected chi connectivity index (χ1v) is 7.98. The Morgan fingerprint density at radius 2 is 2.00 bits per heavy atom. The smallest absolute Gasteiger partial charge is 0.276 e. The third-order valence-corrected chi connectivity index (χ3v) is 4.29. The topological polar surface area (TPSA) is 32.3 Å². The van der Waals surface area contributed by atoms with Gasteiger partial charge in [0.25, 0.3) is 5.91 Å². The molecule has 3 rings (SSSR count). The van der Waals surface area contributed by atoms with Crippen LogP contribution < -0.4 is 5.32 Å². The predicted molar refractivity (Wildman–Crippen MR) is 96.9 cm³/mol. The Labute approximate surface area is 145 Å². The SMILES string of the molecule is Cc1cccc(/C=C2/NC(=S)N(Cc3ccccc3Cl)C2=O)c1. The quantitative estimate of drug-likeness (QED) is 0.678. The molecule has 1 N–H and O–H groups in total. The van der Waals surface area contributed by atoms with Gasteiger partial charge in [0.2, 0.25) is 0 Å². The first kappa shape index (κ1) is 15.7. The summed E-state index contributed by atoms with van der Waals surface area (Å²) in [5, 5.41) is 4.01. The van der Waals surface area contributed by atoms with Gasteiger partial charge in [0.05, 0.1) is 6.54 Å². The number of halogens is 1. The van der Waals surface area contributed by atoms with E-state index in [0.29, 0.717) is 22.4 Å². The molecule has 0 radical (unpaired) electrons. The molecule has 1 fully saturated rings. The zero-order chi connectivity index (χ0) is 16.4. The van der Waals surface area contributed by atoms with E-state index in [9.17, 15) is 4.79 Å². The Kier molecular flexibility index (Phi) is 4.46. The van der Waals surface area contributed by atoms with Crippen LogP contribution in [-0.4, -0.2) is 15.9 Å². The van der Waals surface area contributed by atoms with Gasteiger partial charge in [0, 0.05) is 5.02 Å². The average molecular weight is 343 g/mol. The van der Waals surface area contributed by atoms with Crippen LogP contribution in [0.5, 0.6) is 0 Å². The molecule has 0 aliphatic carbocycles. The van der Waals surface area contributed by atoms with E-state index < -0.39 is 0 Å². The molecule has 1 aliphatic rings. The summed E-state index contributed by atoms with van der Waals surface area (Å²) >= 11 is 11.5. The van der Waals surface area contributed by atoms with Gasteiger partial charge < -0.3 is 5.32 Å². The molecule has 1 amide bonds. The summed E-state index contributed by atoms with van der Waals surface area (Å²) in [6, 6.07) is 15.4. The van der Waals surface area contributed by atoms with E-state index in [-0.39, 0.29) is 5.91 Å². The van der Waals surface area contributed by atoms with Gasteiger partial charge in [-0.25, -0.2) is 0 Å². The number of nitrogens with one attached hydrogen (secondary N) is 1. The fraction of sp³-hybridized carbons (Fsp3) is 0.111. The molecule has 0 spiro atoms. The van der Waals surface area contributed by atoms with Gasteiger partial charge in [0.1, 0.15) is 5.70 Å². The Bertz CT molecular complexity index is 816. The van der Waals surface area contributed by atoms with Gasteiger partial charge in [-0.2, -0.15) is 0 Å². The maximum Gasteiger partial charge on any atom is 0.276 e. The molecule has 2 aromatic rings. The van der Waals surface area contributed by atoms with Crippen molar-refractivity contribution in [3.8, 4) is 0 Å².